The lowest BCUT2D eigenvalue weighted by molar-refractivity contribution is 0.631. The van der Waals surface area contributed by atoms with E-state index < -0.39 is 8.07 Å². The van der Waals surface area contributed by atoms with Crippen molar-refractivity contribution in [2.45, 2.75) is 19.3 Å². The first-order valence-electron chi connectivity index (χ1n) is 18.5. The number of aromatic nitrogens is 2. The largest absolute Gasteiger partial charge is 0.456 e. The number of nitrogens with zero attached hydrogens (tertiary/aromatic N) is 3. The molecule has 0 fully saturated rings. The monoisotopic (exact) mass is 711 g/mol. The summed E-state index contributed by atoms with van der Waals surface area (Å²) in [6, 6.07) is 63.7. The van der Waals surface area contributed by atoms with Crippen molar-refractivity contribution in [3.05, 3.63) is 199 Å². The molecular weight excluding hydrogens is 675 g/mol. The first kappa shape index (κ1) is 32.1. The summed E-state index contributed by atoms with van der Waals surface area (Å²) in [4.78, 5) is 12.2. The van der Waals surface area contributed by atoms with Crippen LogP contribution in [0.4, 0.5) is 17.2 Å². The van der Waals surface area contributed by atoms with Crippen LogP contribution in [0.15, 0.2) is 193 Å². The fraction of sp³-hybridized carbons (Fsp3) is 0.0612. The fourth-order valence-corrected chi connectivity index (χ4v) is 13.6. The standard InChI is InChI=1S/C49H37N3OSi/c1-49(2)40-27-26-38(33-43(40)52(46-25-12-14-31-51-46)48-41(49)28-29-45-47(48)39-22-9-10-24-44(39)53-45)54(35-17-5-3-6-18-35,36-19-7-4-8-20-36)37-21-15-16-34(32-37)42-23-11-13-30-50-42/h3-33H,1-2H3. The van der Waals surface area contributed by atoms with Crippen LogP contribution in [-0.4, -0.2) is 18.0 Å². The van der Waals surface area contributed by atoms with E-state index in [0.717, 1.165) is 50.4 Å². The molecular formula is C49H37N3OSi. The van der Waals surface area contributed by atoms with Crippen molar-refractivity contribution in [3.8, 4) is 11.3 Å². The third-order valence-electron chi connectivity index (χ3n) is 11.3. The van der Waals surface area contributed by atoms with Crippen LogP contribution < -0.4 is 25.6 Å². The van der Waals surface area contributed by atoms with Gasteiger partial charge >= 0.3 is 0 Å². The molecule has 54 heavy (non-hydrogen) atoms. The third kappa shape index (κ3) is 4.82. The van der Waals surface area contributed by atoms with Crippen molar-refractivity contribution in [2.24, 2.45) is 0 Å². The molecule has 0 atom stereocenters. The Morgan fingerprint density at radius 3 is 1.89 bits per heavy atom. The van der Waals surface area contributed by atoms with Gasteiger partial charge in [0.1, 0.15) is 17.0 Å². The second-order valence-electron chi connectivity index (χ2n) is 14.6. The summed E-state index contributed by atoms with van der Waals surface area (Å²) in [5, 5.41) is 7.43. The van der Waals surface area contributed by atoms with Crippen LogP contribution in [0.5, 0.6) is 0 Å². The van der Waals surface area contributed by atoms with Crippen LogP contribution in [-0.2, 0) is 5.41 Å². The van der Waals surface area contributed by atoms with Gasteiger partial charge in [-0.1, -0.05) is 147 Å². The minimum Gasteiger partial charge on any atom is -0.456 e. The Hall–Kier alpha value is -6.56. The lowest BCUT2D eigenvalue weighted by Gasteiger charge is -2.43. The molecule has 0 spiro atoms. The average molecular weight is 712 g/mol. The van der Waals surface area contributed by atoms with E-state index in [9.17, 15) is 0 Å². The maximum absolute atomic E-state index is 6.51. The Kier molecular flexibility index (Phi) is 7.46. The van der Waals surface area contributed by atoms with E-state index in [1.165, 1.54) is 31.9 Å². The van der Waals surface area contributed by atoms with E-state index in [1.807, 2.05) is 30.6 Å². The first-order valence-corrected chi connectivity index (χ1v) is 20.5. The summed E-state index contributed by atoms with van der Waals surface area (Å²) in [5.41, 5.74) is 8.25. The number of anilines is 3. The van der Waals surface area contributed by atoms with Gasteiger partial charge in [0.05, 0.1) is 22.5 Å². The Morgan fingerprint density at radius 2 is 1.17 bits per heavy atom. The van der Waals surface area contributed by atoms with Crippen molar-refractivity contribution in [1.29, 1.82) is 0 Å². The summed E-state index contributed by atoms with van der Waals surface area (Å²) < 4.78 is 6.51. The number of para-hydroxylation sites is 1. The van der Waals surface area contributed by atoms with Crippen molar-refractivity contribution < 1.29 is 4.42 Å². The Labute approximate surface area is 316 Å². The van der Waals surface area contributed by atoms with E-state index in [-0.39, 0.29) is 5.41 Å². The molecule has 1 aliphatic heterocycles. The summed E-state index contributed by atoms with van der Waals surface area (Å²) >= 11 is 0. The number of pyridine rings is 2. The van der Waals surface area contributed by atoms with Crippen molar-refractivity contribution >= 4 is 68.0 Å². The zero-order valence-corrected chi connectivity index (χ0v) is 31.1. The topological polar surface area (TPSA) is 42.2 Å². The van der Waals surface area contributed by atoms with Gasteiger partial charge < -0.3 is 4.42 Å². The molecule has 0 saturated heterocycles. The highest BCUT2D eigenvalue weighted by Gasteiger charge is 2.45. The number of furan rings is 1. The molecule has 10 rings (SSSR count). The van der Waals surface area contributed by atoms with Gasteiger partial charge in [0.25, 0.3) is 0 Å². The molecule has 0 saturated carbocycles. The van der Waals surface area contributed by atoms with Crippen molar-refractivity contribution in [1.82, 2.24) is 9.97 Å². The van der Waals surface area contributed by atoms with Gasteiger partial charge in [-0.05, 0) is 74.3 Å². The van der Waals surface area contributed by atoms with Crippen LogP contribution in [0.2, 0.25) is 0 Å². The molecule has 9 aromatic rings. The molecule has 1 aliphatic rings. The van der Waals surface area contributed by atoms with Crippen LogP contribution in [0.25, 0.3) is 33.2 Å². The summed E-state index contributed by atoms with van der Waals surface area (Å²) in [6.07, 6.45) is 3.76. The normalized spacial score (nSPS) is 13.5. The molecule has 6 aromatic carbocycles. The highest BCUT2D eigenvalue weighted by Crippen LogP contribution is 2.55. The molecule has 0 bridgehead atoms. The maximum atomic E-state index is 6.51. The molecule has 5 heteroatoms. The summed E-state index contributed by atoms with van der Waals surface area (Å²) in [7, 11) is -2.97. The molecule has 0 amide bonds. The van der Waals surface area contributed by atoms with E-state index >= 15 is 0 Å². The van der Waals surface area contributed by atoms with Gasteiger partial charge in [0, 0.05) is 28.8 Å². The van der Waals surface area contributed by atoms with Crippen molar-refractivity contribution in [2.75, 3.05) is 4.90 Å². The molecule has 4 heterocycles. The van der Waals surface area contributed by atoms with Gasteiger partial charge in [0.2, 0.25) is 0 Å². The van der Waals surface area contributed by atoms with Gasteiger partial charge in [0.15, 0.2) is 8.07 Å². The molecule has 3 aromatic heterocycles. The quantitative estimate of drug-likeness (QED) is 0.127. The Balaban J connectivity index is 1.32. The van der Waals surface area contributed by atoms with Gasteiger partial charge in [-0.3, -0.25) is 9.88 Å². The van der Waals surface area contributed by atoms with E-state index in [1.54, 1.807) is 0 Å². The van der Waals surface area contributed by atoms with Crippen molar-refractivity contribution in [3.63, 3.8) is 0 Å². The lowest BCUT2D eigenvalue weighted by Crippen LogP contribution is -2.74. The van der Waals surface area contributed by atoms with Crippen LogP contribution in [0, 0.1) is 0 Å². The smallest absolute Gasteiger partial charge is 0.179 e. The molecule has 0 radical (unpaired) electrons. The predicted octanol–water partition coefficient (Wildman–Crippen LogP) is 9.53. The minimum atomic E-state index is -2.97. The minimum absolute atomic E-state index is 0.316. The molecule has 0 aliphatic carbocycles. The van der Waals surface area contributed by atoms with E-state index in [4.69, 9.17) is 14.4 Å². The van der Waals surface area contributed by atoms with Crippen LogP contribution in [0.1, 0.15) is 25.0 Å². The summed E-state index contributed by atoms with van der Waals surface area (Å²) in [6.45, 7) is 4.70. The lowest BCUT2D eigenvalue weighted by atomic mass is 9.73. The Bertz CT molecular complexity index is 2760. The average Bonchev–Trinajstić information content (AvgIpc) is 3.62. The Morgan fingerprint density at radius 1 is 0.519 bits per heavy atom. The highest BCUT2D eigenvalue weighted by molar-refractivity contribution is 7.20. The number of hydrogen-bond donors (Lipinski definition) is 0. The molecule has 258 valence electrons. The van der Waals surface area contributed by atoms with Gasteiger partial charge in [-0.2, -0.15) is 0 Å². The SMILES string of the molecule is CC1(C)c2ccc([Si](c3ccccc3)(c3ccccc3)c3cccc(-c4ccccn4)c3)cc2N(c2ccccn2)c2c1ccc1oc3ccccc3c21. The second kappa shape index (κ2) is 12.5. The van der Waals surface area contributed by atoms with E-state index in [2.05, 4.69) is 176 Å². The van der Waals surface area contributed by atoms with Crippen LogP contribution >= 0.6 is 0 Å². The predicted molar refractivity (Wildman–Crippen MR) is 225 cm³/mol. The van der Waals surface area contributed by atoms with E-state index in [0.29, 0.717) is 0 Å². The highest BCUT2D eigenvalue weighted by atomic mass is 28.3. The number of hydrogen-bond acceptors (Lipinski definition) is 4. The molecule has 0 N–H and O–H groups in total. The summed E-state index contributed by atoms with van der Waals surface area (Å²) in [5.74, 6) is 0.870. The number of fused-ring (bicyclic) bond motifs is 6. The van der Waals surface area contributed by atoms with Crippen LogP contribution in [0.3, 0.4) is 0 Å². The van der Waals surface area contributed by atoms with Gasteiger partial charge in [-0.25, -0.2) is 4.98 Å². The zero-order valence-electron chi connectivity index (χ0n) is 30.1. The third-order valence-corrected chi connectivity index (χ3v) is 16.1. The zero-order chi connectivity index (χ0) is 36.3. The number of rotatable bonds is 6. The molecule has 0 unspecified atom stereocenters. The van der Waals surface area contributed by atoms with Gasteiger partial charge in [-0.15, -0.1) is 0 Å². The maximum Gasteiger partial charge on any atom is 0.179 e. The number of benzene rings is 6. The second-order valence-corrected chi connectivity index (χ2v) is 18.4. The first-order chi connectivity index (χ1) is 26.5. The fourth-order valence-electron chi connectivity index (χ4n) is 8.82. The molecule has 4 nitrogen and oxygen atoms in total.